The summed E-state index contributed by atoms with van der Waals surface area (Å²) in [6, 6.07) is 19.8. The lowest BCUT2D eigenvalue weighted by molar-refractivity contribution is -0.144. The quantitative estimate of drug-likeness (QED) is 0.711. The van der Waals surface area contributed by atoms with Gasteiger partial charge in [0.05, 0.1) is 12.6 Å². The number of nitrogens with one attached hydrogen (secondary N) is 1. The minimum absolute atomic E-state index is 0.0192. The van der Waals surface area contributed by atoms with E-state index in [0.717, 1.165) is 30.6 Å². The number of nitrogens with zero attached hydrogens (tertiary/aromatic N) is 1. The summed E-state index contributed by atoms with van der Waals surface area (Å²) < 4.78 is 5.35. The minimum atomic E-state index is -0.267. The van der Waals surface area contributed by atoms with Crippen molar-refractivity contribution in [2.45, 2.75) is 25.2 Å². The zero-order chi connectivity index (χ0) is 18.2. The van der Waals surface area contributed by atoms with E-state index in [1.807, 2.05) is 48.5 Å². The number of likely N-dealkylation sites (tertiary alicyclic amines) is 1. The number of ether oxygens (including phenoxy) is 1. The summed E-state index contributed by atoms with van der Waals surface area (Å²) in [5, 5.41) is 13.1. The molecule has 2 atom stereocenters. The highest BCUT2D eigenvalue weighted by Crippen LogP contribution is 2.17. The van der Waals surface area contributed by atoms with Crippen molar-refractivity contribution in [2.24, 2.45) is 0 Å². The van der Waals surface area contributed by atoms with Crippen LogP contribution in [0.1, 0.15) is 23.6 Å². The molecule has 2 N–H and O–H groups in total. The lowest BCUT2D eigenvalue weighted by atomic mass is 10.1. The van der Waals surface area contributed by atoms with Gasteiger partial charge in [0.25, 0.3) is 0 Å². The first-order chi connectivity index (χ1) is 12.7. The number of carbonyl (C=O) groups excluding carboxylic acids is 1. The molecular formula is C21H26N2O3. The van der Waals surface area contributed by atoms with Crippen LogP contribution >= 0.6 is 0 Å². The molecule has 0 saturated carbocycles. The molecule has 0 bridgehead atoms. The molecule has 26 heavy (non-hydrogen) atoms. The zero-order valence-electron chi connectivity index (χ0n) is 14.9. The molecule has 0 amide bonds. The van der Waals surface area contributed by atoms with E-state index >= 15 is 0 Å². The lowest BCUT2D eigenvalue weighted by Crippen LogP contribution is -2.37. The third-order valence-electron chi connectivity index (χ3n) is 4.63. The summed E-state index contributed by atoms with van der Waals surface area (Å²) in [6.07, 6.45) is 0.558. The van der Waals surface area contributed by atoms with Gasteiger partial charge in [0.2, 0.25) is 0 Å². The van der Waals surface area contributed by atoms with Gasteiger partial charge in [-0.05, 0) is 17.5 Å². The third-order valence-corrected chi connectivity index (χ3v) is 4.63. The number of aliphatic hydroxyl groups excluding tert-OH is 1. The van der Waals surface area contributed by atoms with E-state index in [2.05, 4.69) is 22.3 Å². The molecule has 2 aromatic rings. The number of hydrogen-bond donors (Lipinski definition) is 2. The van der Waals surface area contributed by atoms with Gasteiger partial charge in [-0.2, -0.15) is 0 Å². The standard InChI is InChI=1S/C21H26N2O3/c24-19-11-12-23(14-19)15-20(18-9-5-2-6-10-18)22-13-21(25)26-16-17-7-3-1-4-8-17/h1-10,19-20,22,24H,11-16H2. The largest absolute Gasteiger partial charge is 0.460 e. The second-order valence-electron chi connectivity index (χ2n) is 6.69. The summed E-state index contributed by atoms with van der Waals surface area (Å²) in [4.78, 5) is 14.3. The van der Waals surface area contributed by atoms with Crippen LogP contribution in [-0.4, -0.2) is 48.3 Å². The highest BCUT2D eigenvalue weighted by atomic mass is 16.5. The fourth-order valence-corrected chi connectivity index (χ4v) is 3.21. The van der Waals surface area contributed by atoms with Crippen LogP contribution in [0.2, 0.25) is 0 Å². The third kappa shape index (κ3) is 5.66. The van der Waals surface area contributed by atoms with Crippen molar-refractivity contribution in [1.82, 2.24) is 10.2 Å². The predicted octanol–water partition coefficient (Wildman–Crippen LogP) is 2.13. The molecule has 1 saturated heterocycles. The van der Waals surface area contributed by atoms with E-state index in [4.69, 9.17) is 4.74 Å². The highest BCUT2D eigenvalue weighted by Gasteiger charge is 2.24. The summed E-state index contributed by atoms with van der Waals surface area (Å²) in [5.41, 5.74) is 2.11. The van der Waals surface area contributed by atoms with E-state index in [-0.39, 0.29) is 31.3 Å². The molecule has 2 unspecified atom stereocenters. The number of hydrogen-bond acceptors (Lipinski definition) is 5. The van der Waals surface area contributed by atoms with Crippen LogP contribution in [-0.2, 0) is 16.1 Å². The Morgan fingerprint density at radius 1 is 1.15 bits per heavy atom. The molecule has 1 aliphatic rings. The van der Waals surface area contributed by atoms with Crippen LogP contribution in [0.3, 0.4) is 0 Å². The SMILES string of the molecule is O=C(CNC(CN1CCC(O)C1)c1ccccc1)OCc1ccccc1. The molecule has 1 heterocycles. The molecular weight excluding hydrogens is 328 g/mol. The Morgan fingerprint density at radius 2 is 1.85 bits per heavy atom. The van der Waals surface area contributed by atoms with Gasteiger partial charge in [-0.25, -0.2) is 0 Å². The summed E-state index contributed by atoms with van der Waals surface area (Å²) in [5.74, 6) is -0.267. The van der Waals surface area contributed by atoms with Gasteiger partial charge in [-0.15, -0.1) is 0 Å². The Hall–Kier alpha value is -2.21. The van der Waals surface area contributed by atoms with Crippen molar-refractivity contribution in [2.75, 3.05) is 26.2 Å². The van der Waals surface area contributed by atoms with Crippen molar-refractivity contribution in [1.29, 1.82) is 0 Å². The van der Waals surface area contributed by atoms with Crippen molar-refractivity contribution in [3.63, 3.8) is 0 Å². The van der Waals surface area contributed by atoms with Gasteiger partial charge in [-0.3, -0.25) is 15.0 Å². The Kier molecular flexibility index (Phi) is 6.77. The first kappa shape index (κ1) is 18.6. The highest BCUT2D eigenvalue weighted by molar-refractivity contribution is 5.71. The maximum Gasteiger partial charge on any atom is 0.320 e. The average molecular weight is 354 g/mol. The monoisotopic (exact) mass is 354 g/mol. The normalized spacial score (nSPS) is 18.6. The molecule has 0 aromatic heterocycles. The van der Waals surface area contributed by atoms with Gasteiger partial charge < -0.3 is 9.84 Å². The molecule has 2 aromatic carbocycles. The van der Waals surface area contributed by atoms with Gasteiger partial charge in [0, 0.05) is 25.7 Å². The van der Waals surface area contributed by atoms with Gasteiger partial charge in [-0.1, -0.05) is 60.7 Å². The number of β-amino-alcohol motifs (C(OH)–C–C–N with tert-alkyl or cyclic N) is 1. The number of carbonyl (C=O) groups is 1. The molecule has 0 radical (unpaired) electrons. The van der Waals surface area contributed by atoms with Crippen LogP contribution in [0.5, 0.6) is 0 Å². The maximum atomic E-state index is 12.1. The molecule has 0 aliphatic carbocycles. The first-order valence-corrected chi connectivity index (χ1v) is 9.09. The van der Waals surface area contributed by atoms with Gasteiger partial charge in [0.15, 0.2) is 0 Å². The Morgan fingerprint density at radius 3 is 2.50 bits per heavy atom. The number of esters is 1. The molecule has 5 heteroatoms. The Bertz CT molecular complexity index is 678. The summed E-state index contributed by atoms with van der Waals surface area (Å²) in [6.45, 7) is 2.76. The molecule has 5 nitrogen and oxygen atoms in total. The lowest BCUT2D eigenvalue weighted by Gasteiger charge is -2.24. The van der Waals surface area contributed by atoms with Gasteiger partial charge in [0.1, 0.15) is 6.61 Å². The van der Waals surface area contributed by atoms with E-state index in [9.17, 15) is 9.90 Å². The van der Waals surface area contributed by atoms with Crippen LogP contribution in [0, 0.1) is 0 Å². The molecule has 1 fully saturated rings. The molecule has 0 spiro atoms. The Labute approximate surface area is 154 Å². The van der Waals surface area contributed by atoms with Crippen molar-refractivity contribution >= 4 is 5.97 Å². The minimum Gasteiger partial charge on any atom is -0.460 e. The van der Waals surface area contributed by atoms with Gasteiger partial charge >= 0.3 is 5.97 Å². The maximum absolute atomic E-state index is 12.1. The number of aliphatic hydroxyl groups is 1. The van der Waals surface area contributed by atoms with Crippen molar-refractivity contribution in [3.05, 3.63) is 71.8 Å². The van der Waals surface area contributed by atoms with E-state index in [1.165, 1.54) is 0 Å². The fourth-order valence-electron chi connectivity index (χ4n) is 3.21. The van der Waals surface area contributed by atoms with E-state index in [1.54, 1.807) is 0 Å². The second kappa shape index (κ2) is 9.48. The molecule has 138 valence electrons. The van der Waals surface area contributed by atoms with Crippen molar-refractivity contribution in [3.8, 4) is 0 Å². The number of rotatable bonds is 8. The van der Waals surface area contributed by atoms with Crippen LogP contribution in [0.15, 0.2) is 60.7 Å². The topological polar surface area (TPSA) is 61.8 Å². The first-order valence-electron chi connectivity index (χ1n) is 9.09. The van der Waals surface area contributed by atoms with Crippen LogP contribution in [0.25, 0.3) is 0 Å². The smallest absolute Gasteiger partial charge is 0.320 e. The summed E-state index contributed by atoms with van der Waals surface area (Å²) in [7, 11) is 0. The van der Waals surface area contributed by atoms with Crippen LogP contribution < -0.4 is 5.32 Å². The molecule has 3 rings (SSSR count). The Balaban J connectivity index is 1.52. The average Bonchev–Trinajstić information content (AvgIpc) is 3.10. The van der Waals surface area contributed by atoms with E-state index < -0.39 is 0 Å². The second-order valence-corrected chi connectivity index (χ2v) is 6.69. The fraction of sp³-hybridized carbons (Fsp3) is 0.381. The van der Waals surface area contributed by atoms with Crippen LogP contribution in [0.4, 0.5) is 0 Å². The van der Waals surface area contributed by atoms with E-state index in [0.29, 0.717) is 6.54 Å². The van der Waals surface area contributed by atoms with Crippen molar-refractivity contribution < 1.29 is 14.6 Å². The summed E-state index contributed by atoms with van der Waals surface area (Å²) >= 11 is 0. The predicted molar refractivity (Wildman–Crippen MR) is 100 cm³/mol. The zero-order valence-corrected chi connectivity index (χ0v) is 14.9. The number of benzene rings is 2. The molecule has 1 aliphatic heterocycles.